The number of aliphatic carboxylic acids is 1. The zero-order valence-corrected chi connectivity index (χ0v) is 14.3. The van der Waals surface area contributed by atoms with Crippen LogP contribution < -0.4 is 4.72 Å². The van der Waals surface area contributed by atoms with Gasteiger partial charge >= 0.3 is 5.97 Å². The summed E-state index contributed by atoms with van der Waals surface area (Å²) in [4.78, 5) is 11.1. The summed E-state index contributed by atoms with van der Waals surface area (Å²) in [7, 11) is -2.45. The van der Waals surface area contributed by atoms with Gasteiger partial charge in [-0.05, 0) is 47.0 Å². The van der Waals surface area contributed by atoms with Gasteiger partial charge in [-0.3, -0.25) is 4.79 Å². The van der Waals surface area contributed by atoms with Crippen molar-refractivity contribution >= 4 is 43.5 Å². The molecule has 0 fully saturated rings. The van der Waals surface area contributed by atoms with Crippen LogP contribution in [-0.2, 0) is 19.6 Å². The quantitative estimate of drug-likeness (QED) is 0.653. The van der Waals surface area contributed by atoms with Gasteiger partial charge in [0.05, 0.1) is 9.92 Å². The molecule has 0 radical (unpaired) electrons. The summed E-state index contributed by atoms with van der Waals surface area (Å²) in [6.07, 6.45) is 0.567. The van der Waals surface area contributed by atoms with Gasteiger partial charge < -0.3 is 9.84 Å². The molecule has 1 rings (SSSR count). The molecule has 0 aliphatic rings. The summed E-state index contributed by atoms with van der Waals surface area (Å²) in [6.45, 7) is 0.359. The fourth-order valence-corrected chi connectivity index (χ4v) is 3.46. The van der Waals surface area contributed by atoms with E-state index in [2.05, 4.69) is 20.7 Å². The number of hydrogen-bond acceptors (Lipinski definition) is 4. The molecule has 0 amide bonds. The van der Waals surface area contributed by atoms with E-state index in [1.54, 1.807) is 0 Å². The molecule has 0 saturated carbocycles. The van der Waals surface area contributed by atoms with Gasteiger partial charge in [-0.25, -0.2) is 8.42 Å². The lowest BCUT2D eigenvalue weighted by Gasteiger charge is -2.15. The molecule has 0 spiro atoms. The SMILES string of the molecule is COCCCC(NS(=O)(=O)c1ccc(Cl)c(Br)c1)C(=O)O. The third kappa shape index (κ3) is 5.55. The molecule has 1 atom stereocenters. The molecule has 6 nitrogen and oxygen atoms in total. The average molecular weight is 401 g/mol. The van der Waals surface area contributed by atoms with Crippen LogP contribution >= 0.6 is 27.5 Å². The fraction of sp³-hybridized carbons (Fsp3) is 0.417. The molecule has 1 aromatic rings. The fourth-order valence-electron chi connectivity index (χ4n) is 1.56. The second-order valence-electron chi connectivity index (χ2n) is 4.22. The van der Waals surface area contributed by atoms with Crippen molar-refractivity contribution in [2.24, 2.45) is 0 Å². The van der Waals surface area contributed by atoms with Gasteiger partial charge in [0.25, 0.3) is 0 Å². The van der Waals surface area contributed by atoms with Gasteiger partial charge in [-0.2, -0.15) is 4.72 Å². The zero-order chi connectivity index (χ0) is 16.0. The second kappa shape index (κ2) is 8.09. The molecule has 21 heavy (non-hydrogen) atoms. The van der Waals surface area contributed by atoms with Gasteiger partial charge in [0, 0.05) is 18.2 Å². The summed E-state index contributed by atoms with van der Waals surface area (Å²) in [5, 5.41) is 9.45. The topological polar surface area (TPSA) is 92.7 Å². The molecule has 1 aromatic carbocycles. The van der Waals surface area contributed by atoms with E-state index in [1.807, 2.05) is 0 Å². The number of sulfonamides is 1. The van der Waals surface area contributed by atoms with Gasteiger partial charge in [0.15, 0.2) is 0 Å². The summed E-state index contributed by atoms with van der Waals surface area (Å²) in [5.74, 6) is -1.23. The maximum absolute atomic E-state index is 12.2. The van der Waals surface area contributed by atoms with Crippen LogP contribution in [0.25, 0.3) is 0 Å². The lowest BCUT2D eigenvalue weighted by atomic mass is 10.2. The van der Waals surface area contributed by atoms with Crippen LogP contribution in [0.5, 0.6) is 0 Å². The van der Waals surface area contributed by atoms with Crippen LogP contribution in [-0.4, -0.2) is 39.3 Å². The monoisotopic (exact) mass is 399 g/mol. The molecule has 9 heteroatoms. The first kappa shape index (κ1) is 18.4. The number of carboxylic acid groups (broad SMARTS) is 1. The van der Waals surface area contributed by atoms with Crippen LogP contribution in [0.15, 0.2) is 27.6 Å². The van der Waals surface area contributed by atoms with E-state index < -0.39 is 22.0 Å². The van der Waals surface area contributed by atoms with E-state index in [1.165, 1.54) is 25.3 Å². The molecule has 0 bridgehead atoms. The van der Waals surface area contributed by atoms with Gasteiger partial charge in [0.1, 0.15) is 6.04 Å². The van der Waals surface area contributed by atoms with E-state index in [0.29, 0.717) is 22.5 Å². The first-order chi connectivity index (χ1) is 9.77. The van der Waals surface area contributed by atoms with Crippen molar-refractivity contribution < 1.29 is 23.1 Å². The molecule has 0 aliphatic heterocycles. The predicted molar refractivity (Wildman–Crippen MR) is 82.0 cm³/mol. The number of hydrogen-bond donors (Lipinski definition) is 2. The number of carboxylic acids is 1. The summed E-state index contributed by atoms with van der Waals surface area (Å²) < 4.78 is 31.8. The second-order valence-corrected chi connectivity index (χ2v) is 7.20. The van der Waals surface area contributed by atoms with Crippen molar-refractivity contribution in [1.82, 2.24) is 4.72 Å². The van der Waals surface area contributed by atoms with Crippen molar-refractivity contribution in [3.05, 3.63) is 27.7 Å². The van der Waals surface area contributed by atoms with Crippen molar-refractivity contribution in [3.63, 3.8) is 0 Å². The van der Waals surface area contributed by atoms with E-state index in [0.717, 1.165) is 0 Å². The molecule has 118 valence electrons. The standard InChI is InChI=1S/C12H15BrClNO5S/c1-20-6-2-3-11(12(16)17)15-21(18,19)8-4-5-10(14)9(13)7-8/h4-5,7,11,15H,2-3,6H2,1H3,(H,16,17). The highest BCUT2D eigenvalue weighted by Gasteiger charge is 2.25. The highest BCUT2D eigenvalue weighted by Crippen LogP contribution is 2.25. The van der Waals surface area contributed by atoms with E-state index in [-0.39, 0.29) is 11.3 Å². The van der Waals surface area contributed by atoms with Crippen molar-refractivity contribution in [2.75, 3.05) is 13.7 Å². The van der Waals surface area contributed by atoms with Gasteiger partial charge in [-0.1, -0.05) is 11.6 Å². The molecule has 0 saturated heterocycles. The van der Waals surface area contributed by atoms with E-state index in [9.17, 15) is 13.2 Å². The molecule has 1 unspecified atom stereocenters. The first-order valence-electron chi connectivity index (χ1n) is 5.97. The summed E-state index contributed by atoms with van der Waals surface area (Å²) >= 11 is 8.93. The minimum Gasteiger partial charge on any atom is -0.480 e. The lowest BCUT2D eigenvalue weighted by molar-refractivity contribution is -0.139. The van der Waals surface area contributed by atoms with Crippen LogP contribution in [0.1, 0.15) is 12.8 Å². The lowest BCUT2D eigenvalue weighted by Crippen LogP contribution is -2.40. The van der Waals surface area contributed by atoms with Crippen molar-refractivity contribution in [1.29, 1.82) is 0 Å². The van der Waals surface area contributed by atoms with Crippen molar-refractivity contribution in [3.8, 4) is 0 Å². The summed E-state index contributed by atoms with van der Waals surface area (Å²) in [5.41, 5.74) is 0. The Morgan fingerprint density at radius 1 is 1.52 bits per heavy atom. The summed E-state index contributed by atoms with van der Waals surface area (Å²) in [6, 6.07) is 2.84. The minimum absolute atomic E-state index is 0.0585. The Balaban J connectivity index is 2.89. The van der Waals surface area contributed by atoms with Crippen LogP contribution in [0.4, 0.5) is 0 Å². The third-order valence-corrected chi connectivity index (χ3v) is 5.32. The highest BCUT2D eigenvalue weighted by atomic mass is 79.9. The zero-order valence-electron chi connectivity index (χ0n) is 11.2. The van der Waals surface area contributed by atoms with Crippen molar-refractivity contribution in [2.45, 2.75) is 23.8 Å². The molecule has 0 aliphatic carbocycles. The number of rotatable bonds is 8. The van der Waals surface area contributed by atoms with E-state index in [4.69, 9.17) is 21.4 Å². The minimum atomic E-state index is -3.94. The van der Waals surface area contributed by atoms with Gasteiger partial charge in [0.2, 0.25) is 10.0 Å². The Bertz CT molecular complexity index is 608. The highest BCUT2D eigenvalue weighted by molar-refractivity contribution is 9.10. The number of ether oxygens (including phenoxy) is 1. The number of nitrogens with one attached hydrogen (secondary N) is 1. The predicted octanol–water partition coefficient (Wildman–Crippen LogP) is 2.26. The molecule has 0 heterocycles. The Hall–Kier alpha value is -0.670. The number of carbonyl (C=O) groups is 1. The average Bonchev–Trinajstić information content (AvgIpc) is 2.40. The first-order valence-corrected chi connectivity index (χ1v) is 8.62. The van der Waals surface area contributed by atoms with E-state index >= 15 is 0 Å². The number of benzene rings is 1. The third-order valence-electron chi connectivity index (χ3n) is 2.64. The van der Waals surface area contributed by atoms with Crippen LogP contribution in [0, 0.1) is 0 Å². The Morgan fingerprint density at radius 3 is 2.71 bits per heavy atom. The maximum Gasteiger partial charge on any atom is 0.321 e. The van der Waals surface area contributed by atoms with Crippen LogP contribution in [0.3, 0.4) is 0 Å². The smallest absolute Gasteiger partial charge is 0.321 e. The van der Waals surface area contributed by atoms with Gasteiger partial charge in [-0.15, -0.1) is 0 Å². The van der Waals surface area contributed by atoms with Crippen LogP contribution in [0.2, 0.25) is 5.02 Å². The number of methoxy groups -OCH3 is 1. The molecule has 0 aromatic heterocycles. The largest absolute Gasteiger partial charge is 0.480 e. The Labute approximate surface area is 136 Å². The Morgan fingerprint density at radius 2 is 2.19 bits per heavy atom. The Kier molecular flexibility index (Phi) is 7.08. The maximum atomic E-state index is 12.2. The molecular formula is C12H15BrClNO5S. The normalized spacial score (nSPS) is 13.1. The number of halogens is 2. The molecular weight excluding hydrogens is 386 g/mol. The molecule has 2 N–H and O–H groups in total.